The zero-order valence-electron chi connectivity index (χ0n) is 9.29. The van der Waals surface area contributed by atoms with Crippen molar-refractivity contribution in [2.45, 2.75) is 6.61 Å². The minimum Gasteiger partial charge on any atom is -0.485 e. The largest absolute Gasteiger partial charge is 0.485 e. The van der Waals surface area contributed by atoms with E-state index in [4.69, 9.17) is 33.7 Å². The van der Waals surface area contributed by atoms with E-state index in [1.54, 1.807) is 18.2 Å². The quantitative estimate of drug-likeness (QED) is 0.854. The molecule has 2 nitrogen and oxygen atoms in total. The van der Waals surface area contributed by atoms with Crippen LogP contribution in [0.25, 0.3) is 0 Å². The molecule has 0 atom stereocenters. The van der Waals surface area contributed by atoms with Crippen LogP contribution in [0.15, 0.2) is 36.4 Å². The molecule has 0 aliphatic rings. The van der Waals surface area contributed by atoms with E-state index in [1.165, 1.54) is 18.2 Å². The number of nitrogen functional groups attached to an aromatic ring is 1. The van der Waals surface area contributed by atoms with Crippen LogP contribution in [0.4, 0.5) is 10.1 Å². The lowest BCUT2D eigenvalue weighted by atomic mass is 10.2. The smallest absolute Gasteiger partial charge is 0.161 e. The van der Waals surface area contributed by atoms with Gasteiger partial charge in [0.25, 0.3) is 0 Å². The number of para-hydroxylation sites is 1. The van der Waals surface area contributed by atoms with Crippen LogP contribution in [-0.2, 0) is 6.61 Å². The fourth-order valence-corrected chi connectivity index (χ4v) is 1.89. The number of ether oxygens (including phenoxy) is 1. The Balaban J connectivity index is 2.19. The van der Waals surface area contributed by atoms with Gasteiger partial charge in [0.05, 0.1) is 10.7 Å². The molecule has 0 heterocycles. The maximum absolute atomic E-state index is 13.1. The zero-order chi connectivity index (χ0) is 13.1. The van der Waals surface area contributed by atoms with Gasteiger partial charge in [-0.3, -0.25) is 0 Å². The normalized spacial score (nSPS) is 10.4. The van der Waals surface area contributed by atoms with Crippen molar-refractivity contribution in [1.82, 2.24) is 0 Å². The Morgan fingerprint density at radius 3 is 2.61 bits per heavy atom. The van der Waals surface area contributed by atoms with E-state index in [-0.39, 0.29) is 12.4 Å². The monoisotopic (exact) mass is 285 g/mol. The first kappa shape index (κ1) is 13.0. The van der Waals surface area contributed by atoms with E-state index in [2.05, 4.69) is 0 Å². The van der Waals surface area contributed by atoms with E-state index >= 15 is 0 Å². The van der Waals surface area contributed by atoms with Crippen LogP contribution >= 0.6 is 23.2 Å². The Labute approximate surface area is 114 Å². The maximum Gasteiger partial charge on any atom is 0.161 e. The average molecular weight is 286 g/mol. The molecule has 2 rings (SSSR count). The molecule has 0 unspecified atom stereocenters. The van der Waals surface area contributed by atoms with Crippen LogP contribution in [0, 0.1) is 5.82 Å². The lowest BCUT2D eigenvalue weighted by Crippen LogP contribution is -2.00. The van der Waals surface area contributed by atoms with Crippen molar-refractivity contribution in [2.75, 3.05) is 5.73 Å². The fourth-order valence-electron chi connectivity index (χ4n) is 1.48. The summed E-state index contributed by atoms with van der Waals surface area (Å²) in [5.74, 6) is 0.00428. The maximum atomic E-state index is 13.1. The van der Waals surface area contributed by atoms with Gasteiger partial charge in [-0.2, -0.15) is 0 Å². The van der Waals surface area contributed by atoms with E-state index in [9.17, 15) is 4.39 Å². The third-order valence-corrected chi connectivity index (χ3v) is 3.04. The van der Waals surface area contributed by atoms with Gasteiger partial charge in [-0.05, 0) is 30.3 Å². The predicted molar refractivity (Wildman–Crippen MR) is 71.6 cm³/mol. The van der Waals surface area contributed by atoms with Crippen molar-refractivity contribution in [3.05, 3.63) is 57.8 Å². The van der Waals surface area contributed by atoms with Gasteiger partial charge in [0.2, 0.25) is 0 Å². The summed E-state index contributed by atoms with van der Waals surface area (Å²) in [5.41, 5.74) is 6.70. The minimum absolute atomic E-state index is 0.102. The molecule has 2 N–H and O–H groups in total. The third kappa shape index (κ3) is 2.86. The molecule has 0 spiro atoms. The average Bonchev–Trinajstić information content (AvgIpc) is 2.33. The van der Waals surface area contributed by atoms with Gasteiger partial charge in [-0.1, -0.05) is 29.3 Å². The molecule has 0 aromatic heterocycles. The van der Waals surface area contributed by atoms with Crippen LogP contribution in [-0.4, -0.2) is 0 Å². The van der Waals surface area contributed by atoms with Gasteiger partial charge in [0, 0.05) is 10.6 Å². The molecule has 94 valence electrons. The highest BCUT2D eigenvalue weighted by Gasteiger charge is 2.08. The summed E-state index contributed by atoms with van der Waals surface area (Å²) < 4.78 is 18.5. The van der Waals surface area contributed by atoms with Crippen LogP contribution in [0.5, 0.6) is 5.75 Å². The molecular weight excluding hydrogens is 276 g/mol. The second-order valence-electron chi connectivity index (χ2n) is 3.68. The topological polar surface area (TPSA) is 35.2 Å². The highest BCUT2D eigenvalue weighted by Crippen LogP contribution is 2.31. The van der Waals surface area contributed by atoms with Crippen LogP contribution in [0.1, 0.15) is 5.56 Å². The first-order chi connectivity index (χ1) is 8.58. The van der Waals surface area contributed by atoms with Gasteiger partial charge in [-0.25, -0.2) is 4.39 Å². The van der Waals surface area contributed by atoms with Crippen molar-refractivity contribution >= 4 is 28.9 Å². The molecule has 0 fully saturated rings. The molecule has 0 radical (unpaired) electrons. The molecule has 0 saturated carbocycles. The lowest BCUT2D eigenvalue weighted by molar-refractivity contribution is 0.307. The molecule has 0 saturated heterocycles. The Bertz CT molecular complexity index is 555. The summed E-state index contributed by atoms with van der Waals surface area (Å²) in [4.78, 5) is 0. The number of halogens is 3. The molecule has 2 aromatic carbocycles. The Kier molecular flexibility index (Phi) is 3.94. The van der Waals surface area contributed by atoms with Gasteiger partial charge in [0.15, 0.2) is 5.75 Å². The second kappa shape index (κ2) is 5.46. The highest BCUT2D eigenvalue weighted by atomic mass is 35.5. The molecule has 5 heteroatoms. The van der Waals surface area contributed by atoms with Crippen LogP contribution < -0.4 is 10.5 Å². The molecule has 0 aliphatic heterocycles. The molecule has 2 aromatic rings. The predicted octanol–water partition coefficient (Wildman–Crippen LogP) is 4.29. The molecular formula is C13H10Cl2FNO. The van der Waals surface area contributed by atoms with Gasteiger partial charge < -0.3 is 10.5 Å². The van der Waals surface area contributed by atoms with E-state index in [0.29, 0.717) is 27.0 Å². The number of benzene rings is 2. The Morgan fingerprint density at radius 1 is 1.11 bits per heavy atom. The Hall–Kier alpha value is -1.45. The number of anilines is 1. The van der Waals surface area contributed by atoms with Crippen molar-refractivity contribution < 1.29 is 9.13 Å². The zero-order valence-corrected chi connectivity index (χ0v) is 10.8. The van der Waals surface area contributed by atoms with Crippen molar-refractivity contribution in [1.29, 1.82) is 0 Å². The van der Waals surface area contributed by atoms with Crippen molar-refractivity contribution in [3.63, 3.8) is 0 Å². The molecule has 0 aliphatic carbocycles. The van der Waals surface area contributed by atoms with Crippen molar-refractivity contribution in [2.24, 2.45) is 0 Å². The number of rotatable bonds is 3. The van der Waals surface area contributed by atoms with E-state index < -0.39 is 0 Å². The molecule has 0 bridgehead atoms. The summed E-state index contributed by atoms with van der Waals surface area (Å²) >= 11 is 11.9. The summed E-state index contributed by atoms with van der Waals surface area (Å²) in [6, 6.07) is 9.14. The fraction of sp³-hybridized carbons (Fsp3) is 0.0769. The number of hydrogen-bond donors (Lipinski definition) is 1. The molecule has 0 amide bonds. The first-order valence-electron chi connectivity index (χ1n) is 5.18. The number of hydrogen-bond acceptors (Lipinski definition) is 2. The minimum atomic E-state index is -0.370. The summed E-state index contributed by atoms with van der Waals surface area (Å²) in [6.45, 7) is 0.102. The number of nitrogens with two attached hydrogens (primary N) is 1. The SMILES string of the molecule is Nc1cccc(Cl)c1OCc1cc(F)ccc1Cl. The standard InChI is InChI=1S/C13H10Cl2FNO/c14-10-5-4-9(16)6-8(10)7-18-13-11(15)2-1-3-12(13)17/h1-6H,7,17H2. The summed E-state index contributed by atoms with van der Waals surface area (Å²) in [5, 5.41) is 0.838. The third-order valence-electron chi connectivity index (χ3n) is 2.38. The summed E-state index contributed by atoms with van der Waals surface area (Å²) in [7, 11) is 0. The van der Waals surface area contributed by atoms with E-state index in [1.807, 2.05) is 0 Å². The van der Waals surface area contributed by atoms with Crippen LogP contribution in [0.3, 0.4) is 0 Å². The first-order valence-corrected chi connectivity index (χ1v) is 5.94. The van der Waals surface area contributed by atoms with Crippen molar-refractivity contribution in [3.8, 4) is 5.75 Å². The second-order valence-corrected chi connectivity index (χ2v) is 4.50. The molecule has 18 heavy (non-hydrogen) atoms. The van der Waals surface area contributed by atoms with Gasteiger partial charge in [0.1, 0.15) is 12.4 Å². The van der Waals surface area contributed by atoms with Crippen LogP contribution in [0.2, 0.25) is 10.0 Å². The Morgan fingerprint density at radius 2 is 1.89 bits per heavy atom. The summed E-state index contributed by atoms with van der Waals surface area (Å²) in [6.07, 6.45) is 0. The lowest BCUT2D eigenvalue weighted by Gasteiger charge is -2.11. The van der Waals surface area contributed by atoms with Gasteiger partial charge in [-0.15, -0.1) is 0 Å². The van der Waals surface area contributed by atoms with E-state index in [0.717, 1.165) is 0 Å². The highest BCUT2D eigenvalue weighted by molar-refractivity contribution is 6.32. The van der Waals surface area contributed by atoms with Gasteiger partial charge >= 0.3 is 0 Å².